The minimum atomic E-state index is -3.19. The third kappa shape index (κ3) is 2.18. The quantitative estimate of drug-likeness (QED) is 0.546. The Bertz CT molecular complexity index is 68.9. The van der Waals surface area contributed by atoms with Gasteiger partial charge in [0.2, 0.25) is 0 Å². The van der Waals surface area contributed by atoms with Gasteiger partial charge in [0.1, 0.15) is 6.10 Å². The molecule has 0 aliphatic rings. The molecular weight excluding hydrogens is 118 g/mol. The van der Waals surface area contributed by atoms with E-state index in [4.69, 9.17) is 10.2 Å². The smallest absolute Gasteiger partial charge is 0.272 e. The fourth-order valence-electron chi connectivity index (χ4n) is 0.160. The highest BCUT2D eigenvalue weighted by molar-refractivity contribution is 4.68. The van der Waals surface area contributed by atoms with Gasteiger partial charge in [-0.3, -0.25) is 0 Å². The summed E-state index contributed by atoms with van der Waals surface area (Å²) in [6.45, 7) is -0.350. The van der Waals surface area contributed by atoms with E-state index in [-0.39, 0.29) is 0 Å². The molecule has 0 heterocycles. The van der Waals surface area contributed by atoms with Crippen LogP contribution in [0.15, 0.2) is 0 Å². The lowest BCUT2D eigenvalue weighted by atomic mass is 10.2. The Hall–Kier alpha value is -0.220. The van der Waals surface area contributed by atoms with Crippen LogP contribution in [0.5, 0.6) is 0 Å². The van der Waals surface area contributed by atoms with Crippen LogP contribution in [0.3, 0.4) is 0 Å². The molecule has 0 amide bonds. The molecule has 8 heavy (non-hydrogen) atoms. The molecule has 1 atom stereocenters. The predicted molar refractivity (Wildman–Crippen MR) is 23.7 cm³/mol. The molecule has 2 N–H and O–H groups in total. The number of alkyl halides is 2. The average molecular weight is 126 g/mol. The molecule has 0 fully saturated rings. The van der Waals surface area contributed by atoms with Crippen molar-refractivity contribution in [3.8, 4) is 0 Å². The monoisotopic (exact) mass is 126 g/mol. The molecule has 0 aliphatic heterocycles. The second-order valence-corrected chi connectivity index (χ2v) is 1.65. The summed E-state index contributed by atoms with van der Waals surface area (Å²) in [5, 5.41) is 16.1. The van der Waals surface area contributed by atoms with Crippen molar-refractivity contribution in [2.45, 2.75) is 19.0 Å². The first kappa shape index (κ1) is 7.78. The van der Waals surface area contributed by atoms with E-state index in [1.807, 2.05) is 0 Å². The minimum Gasteiger partial charge on any atom is -0.393 e. The maximum atomic E-state index is 11.7. The molecule has 0 aromatic rings. The van der Waals surface area contributed by atoms with Crippen LogP contribution in [0.4, 0.5) is 8.78 Å². The molecule has 4 heteroatoms. The minimum absolute atomic E-state index is 0.549. The fourth-order valence-corrected chi connectivity index (χ4v) is 0.160. The fraction of sp³-hybridized carbons (Fsp3) is 1.00. The second kappa shape index (κ2) is 2.37. The van der Waals surface area contributed by atoms with Crippen LogP contribution in [0.1, 0.15) is 6.92 Å². The van der Waals surface area contributed by atoms with E-state index in [9.17, 15) is 8.78 Å². The molecule has 0 saturated heterocycles. The van der Waals surface area contributed by atoms with Crippen LogP contribution in [-0.4, -0.2) is 28.8 Å². The maximum absolute atomic E-state index is 11.7. The Balaban J connectivity index is 3.62. The summed E-state index contributed by atoms with van der Waals surface area (Å²) in [6, 6.07) is 0. The molecule has 50 valence electrons. The molecule has 1 unspecified atom stereocenters. The lowest BCUT2D eigenvalue weighted by Crippen LogP contribution is -2.32. The van der Waals surface area contributed by atoms with Gasteiger partial charge in [0, 0.05) is 6.92 Å². The Morgan fingerprint density at radius 1 is 1.62 bits per heavy atom. The lowest BCUT2D eigenvalue weighted by Gasteiger charge is -2.14. The summed E-state index contributed by atoms with van der Waals surface area (Å²) in [4.78, 5) is 0. The lowest BCUT2D eigenvalue weighted by molar-refractivity contribution is -0.111. The molecule has 0 bridgehead atoms. The van der Waals surface area contributed by atoms with Gasteiger partial charge in [-0.15, -0.1) is 0 Å². The molecule has 0 spiro atoms. The number of hydrogen-bond acceptors (Lipinski definition) is 2. The van der Waals surface area contributed by atoms with Gasteiger partial charge in [0.15, 0.2) is 0 Å². The van der Waals surface area contributed by atoms with Crippen molar-refractivity contribution >= 4 is 0 Å². The van der Waals surface area contributed by atoms with Gasteiger partial charge in [-0.1, -0.05) is 0 Å². The molecule has 0 aliphatic carbocycles. The zero-order chi connectivity index (χ0) is 6.78. The summed E-state index contributed by atoms with van der Waals surface area (Å²) in [6.07, 6.45) is -1.93. The zero-order valence-corrected chi connectivity index (χ0v) is 4.43. The van der Waals surface area contributed by atoms with Crippen LogP contribution in [-0.2, 0) is 0 Å². The van der Waals surface area contributed by atoms with Crippen molar-refractivity contribution < 1.29 is 19.0 Å². The Kier molecular flexibility index (Phi) is 2.30. The van der Waals surface area contributed by atoms with Crippen molar-refractivity contribution in [2.24, 2.45) is 0 Å². The van der Waals surface area contributed by atoms with Crippen LogP contribution < -0.4 is 0 Å². The Morgan fingerprint density at radius 3 is 2.00 bits per heavy atom. The number of aliphatic hydroxyl groups is 2. The van der Waals surface area contributed by atoms with E-state index in [2.05, 4.69) is 0 Å². The SMILES string of the molecule is CC(F)(F)C(O)CO. The van der Waals surface area contributed by atoms with Gasteiger partial charge in [0.25, 0.3) is 5.92 Å². The molecule has 0 aromatic heterocycles. The first-order valence-electron chi connectivity index (χ1n) is 2.15. The molecule has 2 nitrogen and oxygen atoms in total. The van der Waals surface area contributed by atoms with Crippen molar-refractivity contribution in [1.82, 2.24) is 0 Å². The van der Waals surface area contributed by atoms with Gasteiger partial charge >= 0.3 is 0 Å². The van der Waals surface area contributed by atoms with E-state index in [0.717, 1.165) is 0 Å². The van der Waals surface area contributed by atoms with Gasteiger partial charge in [-0.25, -0.2) is 8.78 Å². The van der Waals surface area contributed by atoms with E-state index >= 15 is 0 Å². The van der Waals surface area contributed by atoms with Crippen LogP contribution in [0.25, 0.3) is 0 Å². The second-order valence-electron chi connectivity index (χ2n) is 1.65. The van der Waals surface area contributed by atoms with E-state index in [1.54, 1.807) is 0 Å². The van der Waals surface area contributed by atoms with Crippen molar-refractivity contribution in [2.75, 3.05) is 6.61 Å². The van der Waals surface area contributed by atoms with Crippen LogP contribution >= 0.6 is 0 Å². The summed E-state index contributed by atoms with van der Waals surface area (Å²) in [5.74, 6) is -3.19. The van der Waals surface area contributed by atoms with Gasteiger partial charge in [0.05, 0.1) is 6.61 Å². The first-order valence-corrected chi connectivity index (χ1v) is 2.15. The van der Waals surface area contributed by atoms with Crippen molar-refractivity contribution in [3.05, 3.63) is 0 Å². The topological polar surface area (TPSA) is 40.5 Å². The number of hydrogen-bond donors (Lipinski definition) is 2. The van der Waals surface area contributed by atoms with E-state index < -0.39 is 18.6 Å². The first-order chi connectivity index (χ1) is 3.48. The summed E-state index contributed by atoms with van der Waals surface area (Å²) in [5.41, 5.74) is 0. The number of rotatable bonds is 2. The standard InChI is InChI=1S/C4H8F2O2/c1-4(5,6)3(8)2-7/h3,7-8H,2H2,1H3. The largest absolute Gasteiger partial charge is 0.393 e. The van der Waals surface area contributed by atoms with E-state index in [1.165, 1.54) is 0 Å². The molecule has 0 radical (unpaired) electrons. The summed E-state index contributed by atoms with van der Waals surface area (Å²) in [7, 11) is 0. The molecule has 0 saturated carbocycles. The third-order valence-corrected chi connectivity index (χ3v) is 0.758. The molecular formula is C4H8F2O2. The van der Waals surface area contributed by atoms with E-state index in [0.29, 0.717) is 6.92 Å². The normalized spacial score (nSPS) is 16.1. The Morgan fingerprint density at radius 2 is 2.00 bits per heavy atom. The van der Waals surface area contributed by atoms with Crippen molar-refractivity contribution in [3.63, 3.8) is 0 Å². The third-order valence-electron chi connectivity index (χ3n) is 0.758. The van der Waals surface area contributed by atoms with Gasteiger partial charge in [-0.2, -0.15) is 0 Å². The number of aliphatic hydroxyl groups excluding tert-OH is 2. The highest BCUT2D eigenvalue weighted by Gasteiger charge is 2.31. The highest BCUT2D eigenvalue weighted by Crippen LogP contribution is 2.15. The average Bonchev–Trinajstić information content (AvgIpc) is 1.62. The zero-order valence-electron chi connectivity index (χ0n) is 4.43. The van der Waals surface area contributed by atoms with Crippen LogP contribution in [0.2, 0.25) is 0 Å². The molecule has 0 aromatic carbocycles. The van der Waals surface area contributed by atoms with Gasteiger partial charge in [-0.05, 0) is 0 Å². The van der Waals surface area contributed by atoms with Gasteiger partial charge < -0.3 is 10.2 Å². The predicted octanol–water partition coefficient (Wildman–Crippen LogP) is -0.00520. The summed E-state index contributed by atoms with van der Waals surface area (Å²) >= 11 is 0. The number of halogens is 2. The van der Waals surface area contributed by atoms with Crippen molar-refractivity contribution in [1.29, 1.82) is 0 Å². The maximum Gasteiger partial charge on any atom is 0.272 e. The summed E-state index contributed by atoms with van der Waals surface area (Å²) < 4.78 is 23.4. The highest BCUT2D eigenvalue weighted by atomic mass is 19.3. The Labute approximate surface area is 45.8 Å². The molecule has 0 rings (SSSR count). The van der Waals surface area contributed by atoms with Crippen LogP contribution in [0, 0.1) is 0 Å².